The summed E-state index contributed by atoms with van der Waals surface area (Å²) in [5.41, 5.74) is 7.86. The van der Waals surface area contributed by atoms with Crippen LogP contribution in [0.15, 0.2) is 11.8 Å². The lowest BCUT2D eigenvalue weighted by atomic mass is 9.91. The Morgan fingerprint density at radius 2 is 2.18 bits per heavy atom. The van der Waals surface area contributed by atoms with E-state index in [9.17, 15) is 0 Å². The van der Waals surface area contributed by atoms with E-state index in [1.807, 2.05) is 0 Å². The molecule has 0 amide bonds. The summed E-state index contributed by atoms with van der Waals surface area (Å²) >= 11 is 0. The molecule has 2 heterocycles. The van der Waals surface area contributed by atoms with E-state index in [1.54, 1.807) is 0 Å². The van der Waals surface area contributed by atoms with Gasteiger partial charge in [-0.15, -0.1) is 0 Å². The van der Waals surface area contributed by atoms with Gasteiger partial charge in [0, 0.05) is 18.9 Å². The van der Waals surface area contributed by atoms with E-state index >= 15 is 0 Å². The summed E-state index contributed by atoms with van der Waals surface area (Å²) in [6.07, 6.45) is 4.43. The van der Waals surface area contributed by atoms with Crippen molar-refractivity contribution in [3.8, 4) is 0 Å². The topological polar surface area (TPSA) is 33.3 Å². The fraction of sp³-hybridized carbons (Fsp3) is 0.750. The molecule has 0 saturated carbocycles. The van der Waals surface area contributed by atoms with Crippen LogP contribution in [0.25, 0.3) is 0 Å². The van der Waals surface area contributed by atoms with E-state index in [2.05, 4.69) is 23.9 Å². The maximum Gasteiger partial charge on any atom is 0.0613 e. The van der Waals surface area contributed by atoms with Crippen LogP contribution in [-0.4, -0.2) is 18.8 Å². The van der Waals surface area contributed by atoms with Gasteiger partial charge in [-0.2, -0.15) is 0 Å². The quantitative estimate of drug-likeness (QED) is 0.534. The van der Waals surface area contributed by atoms with E-state index in [4.69, 9.17) is 4.74 Å². The molecule has 0 radical (unpaired) electrons. The normalized spacial score (nSPS) is 28.3. The van der Waals surface area contributed by atoms with Crippen molar-refractivity contribution in [2.45, 2.75) is 25.3 Å². The first kappa shape index (κ1) is 7.13. The van der Waals surface area contributed by atoms with Gasteiger partial charge in [-0.25, -0.2) is 5.43 Å². The molecule has 2 rings (SSSR count). The maximum atomic E-state index is 5.29. The minimum atomic E-state index is 0.197. The van der Waals surface area contributed by atoms with Gasteiger partial charge in [0.25, 0.3) is 0 Å². The van der Waals surface area contributed by atoms with Crippen LogP contribution in [-0.2, 0) is 4.74 Å². The van der Waals surface area contributed by atoms with Gasteiger partial charge in [-0.05, 0) is 25.8 Å². The summed E-state index contributed by atoms with van der Waals surface area (Å²) in [7, 11) is 0. The predicted octanol–water partition coefficient (Wildman–Crippen LogP) is 0.547. The highest BCUT2D eigenvalue weighted by atomic mass is 16.5. The Balaban J connectivity index is 2.09. The third kappa shape index (κ3) is 1.26. The number of hydrogen-bond donors (Lipinski definition) is 2. The lowest BCUT2D eigenvalue weighted by molar-refractivity contribution is 0.0560. The van der Waals surface area contributed by atoms with Crippen LogP contribution < -0.4 is 10.9 Å². The molecule has 11 heavy (non-hydrogen) atoms. The van der Waals surface area contributed by atoms with E-state index in [1.165, 1.54) is 5.70 Å². The zero-order valence-electron chi connectivity index (χ0n) is 6.81. The first-order chi connectivity index (χ1) is 5.31. The van der Waals surface area contributed by atoms with Gasteiger partial charge in [0.1, 0.15) is 0 Å². The van der Waals surface area contributed by atoms with Crippen LogP contribution in [0.3, 0.4) is 0 Å². The molecule has 2 N–H and O–H groups in total. The van der Waals surface area contributed by atoms with Crippen LogP contribution in [0, 0.1) is 0 Å². The Labute approximate surface area is 66.8 Å². The third-order valence-corrected chi connectivity index (χ3v) is 2.39. The Morgan fingerprint density at radius 1 is 1.45 bits per heavy atom. The number of nitrogens with one attached hydrogen (secondary N) is 2. The molecular weight excluding hydrogens is 140 g/mol. The predicted molar refractivity (Wildman–Crippen MR) is 42.8 cm³/mol. The van der Waals surface area contributed by atoms with Crippen LogP contribution in [0.5, 0.6) is 0 Å². The van der Waals surface area contributed by atoms with Gasteiger partial charge in [-0.3, -0.25) is 0 Å². The van der Waals surface area contributed by atoms with Crippen molar-refractivity contribution >= 4 is 0 Å². The molecule has 1 spiro atoms. The minimum absolute atomic E-state index is 0.197. The van der Waals surface area contributed by atoms with Gasteiger partial charge in [0.05, 0.1) is 5.54 Å². The lowest BCUT2D eigenvalue weighted by Crippen LogP contribution is -2.48. The van der Waals surface area contributed by atoms with Crippen molar-refractivity contribution in [3.05, 3.63) is 11.8 Å². The van der Waals surface area contributed by atoms with Crippen molar-refractivity contribution in [1.82, 2.24) is 10.9 Å². The highest BCUT2D eigenvalue weighted by Gasteiger charge is 2.33. The van der Waals surface area contributed by atoms with Crippen molar-refractivity contribution < 1.29 is 4.74 Å². The highest BCUT2D eigenvalue weighted by Crippen LogP contribution is 2.25. The van der Waals surface area contributed by atoms with Gasteiger partial charge in [-0.1, -0.05) is 0 Å². The molecular formula is C8H14N2O. The summed E-state index contributed by atoms with van der Waals surface area (Å²) in [5.74, 6) is 0. The summed E-state index contributed by atoms with van der Waals surface area (Å²) in [4.78, 5) is 0. The number of rotatable bonds is 0. The van der Waals surface area contributed by atoms with E-state index in [-0.39, 0.29) is 5.54 Å². The smallest absolute Gasteiger partial charge is 0.0613 e. The van der Waals surface area contributed by atoms with Gasteiger partial charge < -0.3 is 10.2 Å². The summed E-state index contributed by atoms with van der Waals surface area (Å²) in [5, 5.41) is 0. The van der Waals surface area contributed by atoms with Crippen molar-refractivity contribution in [2.24, 2.45) is 0 Å². The minimum Gasteiger partial charge on any atom is -0.381 e. The summed E-state index contributed by atoms with van der Waals surface area (Å²) in [6.45, 7) is 3.83. The number of allylic oxidation sites excluding steroid dienone is 1. The Morgan fingerprint density at radius 3 is 2.73 bits per heavy atom. The zero-order valence-corrected chi connectivity index (χ0v) is 6.81. The third-order valence-electron chi connectivity index (χ3n) is 2.39. The van der Waals surface area contributed by atoms with Crippen LogP contribution >= 0.6 is 0 Å². The van der Waals surface area contributed by atoms with Crippen molar-refractivity contribution in [1.29, 1.82) is 0 Å². The standard InChI is InChI=1S/C8H14N2O/c1-7-6-8(10-9-7)2-4-11-5-3-8/h6,9-10H,2-5H2,1H3. The zero-order chi connectivity index (χ0) is 7.73. The SMILES string of the molecule is CC1=CC2(CCOCC2)NN1. The van der Waals surface area contributed by atoms with Gasteiger partial charge in [0.15, 0.2) is 0 Å². The first-order valence-corrected chi connectivity index (χ1v) is 4.11. The second-order valence-corrected chi connectivity index (χ2v) is 3.35. The van der Waals surface area contributed by atoms with E-state index in [0.29, 0.717) is 0 Å². The molecule has 0 aromatic rings. The van der Waals surface area contributed by atoms with Gasteiger partial charge >= 0.3 is 0 Å². The van der Waals surface area contributed by atoms with Crippen LogP contribution in [0.4, 0.5) is 0 Å². The molecule has 3 heteroatoms. The molecule has 0 bridgehead atoms. The van der Waals surface area contributed by atoms with Crippen molar-refractivity contribution in [2.75, 3.05) is 13.2 Å². The Hall–Kier alpha value is -0.540. The molecule has 0 aliphatic carbocycles. The van der Waals surface area contributed by atoms with Gasteiger partial charge in [0.2, 0.25) is 0 Å². The molecule has 62 valence electrons. The molecule has 0 unspecified atom stereocenters. The maximum absolute atomic E-state index is 5.29. The molecule has 0 aromatic heterocycles. The second kappa shape index (κ2) is 2.50. The first-order valence-electron chi connectivity index (χ1n) is 4.11. The monoisotopic (exact) mass is 154 g/mol. The van der Waals surface area contributed by atoms with Crippen LogP contribution in [0.2, 0.25) is 0 Å². The molecule has 0 aromatic carbocycles. The molecule has 0 atom stereocenters. The van der Waals surface area contributed by atoms with Crippen LogP contribution in [0.1, 0.15) is 19.8 Å². The van der Waals surface area contributed by atoms with E-state index < -0.39 is 0 Å². The number of hydrogen-bond acceptors (Lipinski definition) is 3. The fourth-order valence-corrected chi connectivity index (χ4v) is 1.71. The molecule has 2 aliphatic rings. The molecule has 3 nitrogen and oxygen atoms in total. The average molecular weight is 154 g/mol. The lowest BCUT2D eigenvalue weighted by Gasteiger charge is -2.31. The number of ether oxygens (including phenoxy) is 1. The molecule has 2 aliphatic heterocycles. The highest BCUT2D eigenvalue weighted by molar-refractivity contribution is 5.17. The Kier molecular flexibility index (Phi) is 1.62. The molecule has 1 fully saturated rings. The average Bonchev–Trinajstić information content (AvgIpc) is 2.34. The molecule has 1 saturated heterocycles. The fourth-order valence-electron chi connectivity index (χ4n) is 1.71. The van der Waals surface area contributed by atoms with Crippen molar-refractivity contribution in [3.63, 3.8) is 0 Å². The number of hydrazine groups is 1. The summed E-state index contributed by atoms with van der Waals surface area (Å²) in [6, 6.07) is 0. The summed E-state index contributed by atoms with van der Waals surface area (Å²) < 4.78 is 5.29. The Bertz CT molecular complexity index is 183. The largest absolute Gasteiger partial charge is 0.381 e. The second-order valence-electron chi connectivity index (χ2n) is 3.35. The van der Waals surface area contributed by atoms with E-state index in [0.717, 1.165) is 26.1 Å².